The second kappa shape index (κ2) is 8.40. The molecular formula is C23H26N4O. The standard InChI is InChI=1S/C23H26N4O/c1-26-17-20(12-25-26)21-13-24-14-22(21)23(28)27(15-18-8-4-2-5-9-18)16-19-10-6-3-7-11-19/h2-12,17,21-22,24H,13-16H2,1H3/t21-,22+/m1/s1. The van der Waals surface area contributed by atoms with Crippen LogP contribution in [-0.4, -0.2) is 33.7 Å². The van der Waals surface area contributed by atoms with Gasteiger partial charge in [0.05, 0.1) is 12.1 Å². The number of benzene rings is 2. The first-order valence-corrected chi connectivity index (χ1v) is 9.76. The molecule has 1 aliphatic heterocycles. The third-order valence-corrected chi connectivity index (χ3v) is 5.43. The van der Waals surface area contributed by atoms with E-state index in [1.54, 1.807) is 4.68 Å². The van der Waals surface area contributed by atoms with E-state index in [4.69, 9.17) is 0 Å². The molecule has 4 rings (SSSR count). The highest BCUT2D eigenvalue weighted by Crippen LogP contribution is 2.30. The van der Waals surface area contributed by atoms with Crippen molar-refractivity contribution in [2.45, 2.75) is 19.0 Å². The Bertz CT molecular complexity index is 865. The molecule has 0 unspecified atom stereocenters. The molecule has 0 bridgehead atoms. The second-order valence-electron chi connectivity index (χ2n) is 7.48. The molecule has 1 aliphatic rings. The fourth-order valence-electron chi connectivity index (χ4n) is 3.97. The SMILES string of the molecule is Cn1cc([C@H]2CNC[C@@H]2C(=O)N(Cc2ccccc2)Cc2ccccc2)cn1. The summed E-state index contributed by atoms with van der Waals surface area (Å²) in [6.45, 7) is 2.75. The summed E-state index contributed by atoms with van der Waals surface area (Å²) < 4.78 is 1.81. The first-order valence-electron chi connectivity index (χ1n) is 9.76. The minimum Gasteiger partial charge on any atom is -0.334 e. The lowest BCUT2D eigenvalue weighted by molar-refractivity contribution is -0.136. The Balaban J connectivity index is 1.58. The number of nitrogens with one attached hydrogen (secondary N) is 1. The van der Waals surface area contributed by atoms with Crippen molar-refractivity contribution in [2.75, 3.05) is 13.1 Å². The summed E-state index contributed by atoms with van der Waals surface area (Å²) in [4.78, 5) is 15.6. The minimum absolute atomic E-state index is 0.0726. The third-order valence-electron chi connectivity index (χ3n) is 5.43. The number of hydrogen-bond donors (Lipinski definition) is 1. The van der Waals surface area contributed by atoms with Gasteiger partial charge >= 0.3 is 0 Å². The molecule has 0 saturated carbocycles. The van der Waals surface area contributed by atoms with Crippen LogP contribution in [0.3, 0.4) is 0 Å². The van der Waals surface area contributed by atoms with Gasteiger partial charge in [0.2, 0.25) is 5.91 Å². The zero-order chi connectivity index (χ0) is 19.3. The highest BCUT2D eigenvalue weighted by atomic mass is 16.2. The van der Waals surface area contributed by atoms with Crippen molar-refractivity contribution in [3.8, 4) is 0 Å². The van der Waals surface area contributed by atoms with E-state index in [2.05, 4.69) is 34.7 Å². The van der Waals surface area contributed by atoms with Gasteiger partial charge in [-0.25, -0.2) is 0 Å². The fraction of sp³-hybridized carbons (Fsp3) is 0.304. The van der Waals surface area contributed by atoms with Gasteiger partial charge < -0.3 is 10.2 Å². The van der Waals surface area contributed by atoms with Crippen molar-refractivity contribution in [3.63, 3.8) is 0 Å². The maximum Gasteiger partial charge on any atom is 0.228 e. The van der Waals surface area contributed by atoms with E-state index in [9.17, 15) is 4.79 Å². The molecule has 1 amide bonds. The molecule has 2 aromatic carbocycles. The van der Waals surface area contributed by atoms with Crippen molar-refractivity contribution in [2.24, 2.45) is 13.0 Å². The minimum atomic E-state index is -0.0726. The molecule has 2 atom stereocenters. The fourth-order valence-corrected chi connectivity index (χ4v) is 3.97. The number of carbonyl (C=O) groups excluding carboxylic acids is 1. The van der Waals surface area contributed by atoms with Gasteiger partial charge in [0.25, 0.3) is 0 Å². The van der Waals surface area contributed by atoms with Gasteiger partial charge in [-0.2, -0.15) is 5.10 Å². The number of carbonyl (C=O) groups is 1. The smallest absolute Gasteiger partial charge is 0.228 e. The number of rotatable bonds is 6. The monoisotopic (exact) mass is 374 g/mol. The molecule has 1 N–H and O–H groups in total. The molecule has 0 aliphatic carbocycles. The highest BCUT2D eigenvalue weighted by molar-refractivity contribution is 5.80. The Kier molecular flexibility index (Phi) is 5.53. The van der Waals surface area contributed by atoms with Crippen LogP contribution in [0.15, 0.2) is 73.1 Å². The Morgan fingerprint density at radius 2 is 1.64 bits per heavy atom. The van der Waals surface area contributed by atoms with Crippen LogP contribution in [0.1, 0.15) is 22.6 Å². The zero-order valence-electron chi connectivity index (χ0n) is 16.2. The van der Waals surface area contributed by atoms with E-state index in [0.29, 0.717) is 19.6 Å². The molecule has 1 aromatic heterocycles. The van der Waals surface area contributed by atoms with Crippen LogP contribution in [0.5, 0.6) is 0 Å². The predicted molar refractivity (Wildman–Crippen MR) is 109 cm³/mol. The molecule has 1 saturated heterocycles. The summed E-state index contributed by atoms with van der Waals surface area (Å²) in [5.74, 6) is 0.290. The van der Waals surface area contributed by atoms with Gasteiger partial charge in [-0.3, -0.25) is 9.48 Å². The van der Waals surface area contributed by atoms with Crippen LogP contribution in [0.4, 0.5) is 0 Å². The molecule has 3 aromatic rings. The number of nitrogens with zero attached hydrogens (tertiary/aromatic N) is 3. The Morgan fingerprint density at radius 3 is 2.18 bits per heavy atom. The molecule has 144 valence electrons. The van der Waals surface area contributed by atoms with Gasteiger partial charge in [0.15, 0.2) is 0 Å². The molecule has 1 fully saturated rings. The molecule has 0 radical (unpaired) electrons. The molecule has 2 heterocycles. The van der Waals surface area contributed by atoms with Crippen LogP contribution in [0, 0.1) is 5.92 Å². The molecular weight excluding hydrogens is 348 g/mol. The van der Waals surface area contributed by atoms with Gasteiger partial charge in [-0.15, -0.1) is 0 Å². The molecule has 5 heteroatoms. The van der Waals surface area contributed by atoms with Crippen LogP contribution < -0.4 is 5.32 Å². The average molecular weight is 374 g/mol. The van der Waals surface area contributed by atoms with E-state index >= 15 is 0 Å². The van der Waals surface area contributed by atoms with E-state index in [0.717, 1.165) is 23.2 Å². The summed E-state index contributed by atoms with van der Waals surface area (Å²) in [7, 11) is 1.92. The quantitative estimate of drug-likeness (QED) is 0.722. The summed E-state index contributed by atoms with van der Waals surface area (Å²) >= 11 is 0. The summed E-state index contributed by atoms with van der Waals surface area (Å²) in [6.07, 6.45) is 3.91. The van der Waals surface area contributed by atoms with Crippen LogP contribution in [0.2, 0.25) is 0 Å². The molecule has 5 nitrogen and oxygen atoms in total. The summed E-state index contributed by atoms with van der Waals surface area (Å²) in [5.41, 5.74) is 3.43. The van der Waals surface area contributed by atoms with E-state index < -0.39 is 0 Å². The lowest BCUT2D eigenvalue weighted by Gasteiger charge is -2.28. The normalized spacial score (nSPS) is 18.9. The molecule has 28 heavy (non-hydrogen) atoms. The van der Waals surface area contributed by atoms with Crippen molar-refractivity contribution >= 4 is 5.91 Å². The Labute approximate surface area is 166 Å². The van der Waals surface area contributed by atoms with E-state index in [1.165, 1.54) is 0 Å². The van der Waals surface area contributed by atoms with Crippen molar-refractivity contribution in [1.82, 2.24) is 20.0 Å². The third kappa shape index (κ3) is 4.15. The lowest BCUT2D eigenvalue weighted by atomic mass is 9.89. The van der Waals surface area contributed by atoms with E-state index in [1.807, 2.05) is 60.7 Å². The predicted octanol–water partition coefficient (Wildman–Crippen LogP) is 2.95. The van der Waals surface area contributed by atoms with Crippen molar-refractivity contribution in [1.29, 1.82) is 0 Å². The van der Waals surface area contributed by atoms with Gasteiger partial charge in [0.1, 0.15) is 0 Å². The first-order chi connectivity index (χ1) is 13.7. The summed E-state index contributed by atoms with van der Waals surface area (Å²) in [6, 6.07) is 20.4. The van der Waals surface area contributed by atoms with Crippen LogP contribution in [-0.2, 0) is 24.9 Å². The Hall–Kier alpha value is -2.92. The van der Waals surface area contributed by atoms with Crippen LogP contribution in [0.25, 0.3) is 0 Å². The van der Waals surface area contributed by atoms with Gasteiger partial charge in [-0.1, -0.05) is 60.7 Å². The van der Waals surface area contributed by atoms with Crippen LogP contribution >= 0.6 is 0 Å². The average Bonchev–Trinajstić information content (AvgIpc) is 3.37. The maximum atomic E-state index is 13.6. The molecule has 0 spiro atoms. The highest BCUT2D eigenvalue weighted by Gasteiger charge is 2.37. The maximum absolute atomic E-state index is 13.6. The second-order valence-corrected chi connectivity index (χ2v) is 7.48. The largest absolute Gasteiger partial charge is 0.334 e. The number of hydrogen-bond acceptors (Lipinski definition) is 3. The van der Waals surface area contributed by atoms with Crippen molar-refractivity contribution < 1.29 is 4.79 Å². The van der Waals surface area contributed by atoms with Crippen molar-refractivity contribution in [3.05, 3.63) is 89.7 Å². The topological polar surface area (TPSA) is 50.2 Å². The van der Waals surface area contributed by atoms with E-state index in [-0.39, 0.29) is 17.7 Å². The first kappa shape index (κ1) is 18.4. The summed E-state index contributed by atoms with van der Waals surface area (Å²) in [5, 5.41) is 7.71. The number of amides is 1. The van der Waals surface area contributed by atoms with Gasteiger partial charge in [-0.05, 0) is 16.7 Å². The van der Waals surface area contributed by atoms with Gasteiger partial charge in [0, 0.05) is 45.3 Å². The number of aryl methyl sites for hydroxylation is 1. The lowest BCUT2D eigenvalue weighted by Crippen LogP contribution is -2.38. The zero-order valence-corrected chi connectivity index (χ0v) is 16.2. The Morgan fingerprint density at radius 1 is 1.04 bits per heavy atom. The number of aromatic nitrogens is 2.